The molecule has 1 aliphatic rings. The molecule has 0 amide bonds. The fourth-order valence-electron chi connectivity index (χ4n) is 2.54. The Morgan fingerprint density at radius 2 is 2.20 bits per heavy atom. The second-order valence-corrected chi connectivity index (χ2v) is 5.89. The van der Waals surface area contributed by atoms with Crippen LogP contribution in [-0.4, -0.2) is 34.4 Å². The third-order valence-corrected chi connectivity index (χ3v) is 3.92. The number of hydrogen-bond acceptors (Lipinski definition) is 2. The van der Waals surface area contributed by atoms with Crippen molar-refractivity contribution in [3.05, 3.63) is 29.6 Å². The zero-order valence-corrected chi connectivity index (χ0v) is 11.8. The summed E-state index contributed by atoms with van der Waals surface area (Å²) in [4.78, 5) is 9.85. The van der Waals surface area contributed by atoms with Crippen molar-refractivity contribution < 1.29 is 8.78 Å². The third kappa shape index (κ3) is 2.82. The van der Waals surface area contributed by atoms with Crippen LogP contribution < -0.4 is 0 Å². The molecule has 2 aromatic rings. The van der Waals surface area contributed by atoms with E-state index in [0.717, 1.165) is 16.9 Å². The molecule has 1 unspecified atom stereocenters. The summed E-state index contributed by atoms with van der Waals surface area (Å²) in [6, 6.07) is 6.10. The van der Waals surface area contributed by atoms with Crippen LogP contribution in [0.15, 0.2) is 18.2 Å². The van der Waals surface area contributed by atoms with E-state index >= 15 is 0 Å². The number of benzene rings is 1. The minimum Gasteiger partial charge on any atom is -0.341 e. The van der Waals surface area contributed by atoms with E-state index in [9.17, 15) is 8.78 Å². The van der Waals surface area contributed by atoms with Gasteiger partial charge in [-0.3, -0.25) is 4.90 Å². The first-order chi connectivity index (χ1) is 9.44. The molecule has 0 aliphatic heterocycles. The summed E-state index contributed by atoms with van der Waals surface area (Å²) in [6.07, 6.45) is 0.619. The van der Waals surface area contributed by atoms with E-state index in [1.54, 1.807) is 0 Å². The van der Waals surface area contributed by atoms with Gasteiger partial charge in [0, 0.05) is 12.3 Å². The summed E-state index contributed by atoms with van der Waals surface area (Å²) in [5, 5.41) is 0. The maximum Gasteiger partial charge on any atom is 0.251 e. The number of nitrogens with one attached hydrogen (secondary N) is 1. The van der Waals surface area contributed by atoms with Gasteiger partial charge in [-0.2, -0.15) is 0 Å². The average Bonchev–Trinajstić information content (AvgIpc) is 2.79. The number of aromatic amines is 1. The predicted octanol–water partition coefficient (Wildman–Crippen LogP) is 3.35. The van der Waals surface area contributed by atoms with E-state index in [0.29, 0.717) is 19.5 Å². The highest BCUT2D eigenvalue weighted by atomic mass is 19.3. The molecule has 0 spiro atoms. The largest absolute Gasteiger partial charge is 0.341 e. The number of nitrogens with zero attached hydrogens (tertiary/aromatic N) is 2. The molecule has 1 aliphatic carbocycles. The van der Waals surface area contributed by atoms with Crippen LogP contribution in [0.4, 0.5) is 8.78 Å². The van der Waals surface area contributed by atoms with Crippen LogP contribution in [0.3, 0.4) is 0 Å². The lowest BCUT2D eigenvalue weighted by Gasteiger charge is -2.14. The Hall–Kier alpha value is -1.49. The number of fused-ring (bicyclic) bond motifs is 1. The number of aromatic nitrogens is 2. The van der Waals surface area contributed by atoms with Crippen molar-refractivity contribution in [2.45, 2.75) is 32.2 Å². The molecular weight excluding hydrogens is 260 g/mol. The fourth-order valence-corrected chi connectivity index (χ4v) is 2.54. The lowest BCUT2D eigenvalue weighted by atomic mass is 10.2. The van der Waals surface area contributed by atoms with Gasteiger partial charge in [0.15, 0.2) is 0 Å². The molecule has 1 heterocycles. The molecule has 0 radical (unpaired) electrons. The van der Waals surface area contributed by atoms with Crippen LogP contribution in [-0.2, 0) is 6.54 Å². The Balaban J connectivity index is 1.58. The van der Waals surface area contributed by atoms with E-state index in [1.165, 1.54) is 5.56 Å². The number of rotatable bonds is 5. The molecule has 5 heteroatoms. The first-order valence-electron chi connectivity index (χ1n) is 6.96. The Morgan fingerprint density at radius 1 is 1.45 bits per heavy atom. The molecular formula is C15H19F2N3. The van der Waals surface area contributed by atoms with E-state index in [-0.39, 0.29) is 6.42 Å². The molecule has 3 rings (SSSR count). The molecule has 1 N–H and O–H groups in total. The number of H-pyrrole nitrogens is 1. The van der Waals surface area contributed by atoms with Gasteiger partial charge in [-0.05, 0) is 44.6 Å². The van der Waals surface area contributed by atoms with Gasteiger partial charge in [0.25, 0.3) is 5.92 Å². The predicted molar refractivity (Wildman–Crippen MR) is 74.8 cm³/mol. The molecule has 1 aromatic heterocycles. The summed E-state index contributed by atoms with van der Waals surface area (Å²) < 4.78 is 25.6. The van der Waals surface area contributed by atoms with E-state index < -0.39 is 11.8 Å². The maximum atomic E-state index is 12.8. The van der Waals surface area contributed by atoms with Gasteiger partial charge in [0.2, 0.25) is 0 Å². The average molecular weight is 279 g/mol. The zero-order chi connectivity index (χ0) is 14.3. The van der Waals surface area contributed by atoms with Crippen molar-refractivity contribution in [2.75, 3.05) is 13.6 Å². The lowest BCUT2D eigenvalue weighted by molar-refractivity contribution is 0.0943. The molecule has 20 heavy (non-hydrogen) atoms. The van der Waals surface area contributed by atoms with E-state index in [2.05, 4.69) is 16.0 Å². The topological polar surface area (TPSA) is 31.9 Å². The maximum absolute atomic E-state index is 12.8. The first kappa shape index (κ1) is 13.5. The van der Waals surface area contributed by atoms with Gasteiger partial charge in [0.05, 0.1) is 17.6 Å². The van der Waals surface area contributed by atoms with Crippen LogP contribution in [0.5, 0.6) is 0 Å². The summed E-state index contributed by atoms with van der Waals surface area (Å²) in [7, 11) is 1.94. The molecule has 1 aromatic carbocycles. The Morgan fingerprint density at radius 3 is 2.90 bits per heavy atom. The van der Waals surface area contributed by atoms with Crippen LogP contribution in [0.1, 0.15) is 24.2 Å². The monoisotopic (exact) mass is 279 g/mol. The fraction of sp³-hybridized carbons (Fsp3) is 0.533. The molecule has 3 nitrogen and oxygen atoms in total. The van der Waals surface area contributed by atoms with Crippen LogP contribution in [0.2, 0.25) is 0 Å². The summed E-state index contributed by atoms with van der Waals surface area (Å²) in [5.41, 5.74) is 3.17. The van der Waals surface area contributed by atoms with Crippen molar-refractivity contribution in [1.82, 2.24) is 14.9 Å². The molecule has 0 bridgehead atoms. The number of imidazole rings is 1. The minimum atomic E-state index is -2.41. The quantitative estimate of drug-likeness (QED) is 0.910. The van der Waals surface area contributed by atoms with Gasteiger partial charge in [-0.25, -0.2) is 13.8 Å². The second-order valence-electron chi connectivity index (χ2n) is 5.89. The Labute approximate surface area is 117 Å². The molecule has 1 atom stereocenters. The highest BCUT2D eigenvalue weighted by Crippen LogP contribution is 2.50. The number of aryl methyl sites for hydroxylation is 1. The molecule has 1 saturated carbocycles. The summed E-state index contributed by atoms with van der Waals surface area (Å²) in [5.74, 6) is -1.93. The zero-order valence-electron chi connectivity index (χ0n) is 11.8. The smallest absolute Gasteiger partial charge is 0.251 e. The second kappa shape index (κ2) is 4.81. The van der Waals surface area contributed by atoms with E-state index in [1.807, 2.05) is 31.0 Å². The minimum absolute atomic E-state index is 0.0603. The normalized spacial score (nSPS) is 20.8. The van der Waals surface area contributed by atoms with Crippen LogP contribution >= 0.6 is 0 Å². The highest BCUT2D eigenvalue weighted by Gasteiger charge is 2.55. The number of hydrogen-bond donors (Lipinski definition) is 1. The highest BCUT2D eigenvalue weighted by molar-refractivity contribution is 5.75. The van der Waals surface area contributed by atoms with Crippen LogP contribution in [0, 0.1) is 12.8 Å². The van der Waals surface area contributed by atoms with Crippen molar-refractivity contribution >= 4 is 11.0 Å². The van der Waals surface area contributed by atoms with Gasteiger partial charge in [-0.15, -0.1) is 0 Å². The van der Waals surface area contributed by atoms with Gasteiger partial charge < -0.3 is 4.98 Å². The van der Waals surface area contributed by atoms with Gasteiger partial charge in [0.1, 0.15) is 5.82 Å². The lowest BCUT2D eigenvalue weighted by Crippen LogP contribution is -2.20. The van der Waals surface area contributed by atoms with Crippen molar-refractivity contribution in [3.8, 4) is 0 Å². The van der Waals surface area contributed by atoms with Gasteiger partial charge in [-0.1, -0.05) is 6.07 Å². The molecule has 1 fully saturated rings. The van der Waals surface area contributed by atoms with Gasteiger partial charge >= 0.3 is 0 Å². The molecule has 108 valence electrons. The van der Waals surface area contributed by atoms with Crippen LogP contribution in [0.25, 0.3) is 11.0 Å². The third-order valence-electron chi connectivity index (χ3n) is 3.92. The number of alkyl halides is 2. The number of halogens is 2. The standard InChI is InChI=1S/C15H19F2N3/c1-10-3-4-12-13(7-10)19-14(18-12)9-20(2)6-5-11-8-15(11,16)17/h3-4,7,11H,5-6,8-9H2,1-2H3,(H,18,19). The Kier molecular flexibility index (Phi) is 3.24. The van der Waals surface area contributed by atoms with E-state index in [4.69, 9.17) is 0 Å². The van der Waals surface area contributed by atoms with Crippen molar-refractivity contribution in [1.29, 1.82) is 0 Å². The molecule has 0 saturated heterocycles. The Bertz CT molecular complexity index is 621. The van der Waals surface area contributed by atoms with Crippen molar-refractivity contribution in [2.24, 2.45) is 5.92 Å². The summed E-state index contributed by atoms with van der Waals surface area (Å²) in [6.45, 7) is 3.38. The summed E-state index contributed by atoms with van der Waals surface area (Å²) >= 11 is 0. The SMILES string of the molecule is Cc1ccc2nc(CN(C)CCC3CC3(F)F)[nH]c2c1. The first-order valence-corrected chi connectivity index (χ1v) is 6.96. The van der Waals surface area contributed by atoms with Crippen molar-refractivity contribution in [3.63, 3.8) is 0 Å².